The summed E-state index contributed by atoms with van der Waals surface area (Å²) in [4.78, 5) is 0. The summed E-state index contributed by atoms with van der Waals surface area (Å²) in [7, 11) is 0. The summed E-state index contributed by atoms with van der Waals surface area (Å²) in [6, 6.07) is 0.759. The molecular formula is C13H22N4O. The van der Waals surface area contributed by atoms with Gasteiger partial charge in [-0.05, 0) is 19.8 Å². The van der Waals surface area contributed by atoms with Crippen molar-refractivity contribution in [3.63, 3.8) is 0 Å². The molecule has 1 aliphatic rings. The lowest BCUT2D eigenvalue weighted by Gasteiger charge is -2.32. The quantitative estimate of drug-likeness (QED) is 0.776. The van der Waals surface area contributed by atoms with Crippen molar-refractivity contribution in [2.45, 2.75) is 51.3 Å². The summed E-state index contributed by atoms with van der Waals surface area (Å²) in [6.45, 7) is 6.76. The first-order valence-electron chi connectivity index (χ1n) is 6.60. The van der Waals surface area contributed by atoms with Gasteiger partial charge in [-0.25, -0.2) is 4.68 Å². The van der Waals surface area contributed by atoms with Crippen LogP contribution in [0.15, 0.2) is 18.3 Å². The molecule has 0 aromatic carbocycles. The summed E-state index contributed by atoms with van der Waals surface area (Å²) in [5, 5.41) is 20.7. The number of aliphatic hydroxyl groups excluding tert-OH is 1. The van der Waals surface area contributed by atoms with E-state index in [1.807, 2.05) is 17.8 Å². The number of hydrogen-bond donors (Lipinski definition) is 2. The van der Waals surface area contributed by atoms with Crippen LogP contribution >= 0.6 is 0 Å². The highest BCUT2D eigenvalue weighted by atomic mass is 16.3. The molecule has 0 amide bonds. The fourth-order valence-corrected chi connectivity index (χ4v) is 2.52. The largest absolute Gasteiger partial charge is 0.390 e. The molecule has 1 aliphatic carbocycles. The van der Waals surface area contributed by atoms with E-state index in [9.17, 15) is 0 Å². The molecule has 0 bridgehead atoms. The first-order valence-corrected chi connectivity index (χ1v) is 6.60. The predicted molar refractivity (Wildman–Crippen MR) is 70.1 cm³/mol. The molecule has 1 fully saturated rings. The highest BCUT2D eigenvalue weighted by Crippen LogP contribution is 2.28. The average Bonchev–Trinajstić information content (AvgIpc) is 2.85. The van der Waals surface area contributed by atoms with Crippen molar-refractivity contribution in [2.75, 3.05) is 6.54 Å². The van der Waals surface area contributed by atoms with E-state index in [2.05, 4.69) is 22.2 Å². The van der Waals surface area contributed by atoms with Gasteiger partial charge in [0, 0.05) is 12.6 Å². The molecule has 5 nitrogen and oxygen atoms in total. The van der Waals surface area contributed by atoms with Crippen molar-refractivity contribution >= 4 is 0 Å². The third-order valence-corrected chi connectivity index (χ3v) is 3.46. The van der Waals surface area contributed by atoms with Crippen LogP contribution in [-0.4, -0.2) is 32.7 Å². The van der Waals surface area contributed by atoms with Crippen LogP contribution in [0.3, 0.4) is 0 Å². The lowest BCUT2D eigenvalue weighted by atomic mass is 9.90. The predicted octanol–water partition coefficient (Wildman–Crippen LogP) is 1.42. The van der Waals surface area contributed by atoms with Crippen molar-refractivity contribution in [3.8, 4) is 0 Å². The van der Waals surface area contributed by atoms with Crippen molar-refractivity contribution in [2.24, 2.45) is 0 Å². The van der Waals surface area contributed by atoms with Crippen LogP contribution < -0.4 is 5.32 Å². The highest BCUT2D eigenvalue weighted by molar-refractivity contribution is 4.97. The van der Waals surface area contributed by atoms with Gasteiger partial charge in [0.1, 0.15) is 5.69 Å². The Kier molecular flexibility index (Phi) is 4.49. The van der Waals surface area contributed by atoms with Crippen LogP contribution in [0.25, 0.3) is 0 Å². The second-order valence-corrected chi connectivity index (χ2v) is 5.14. The highest BCUT2D eigenvalue weighted by Gasteiger charge is 2.27. The van der Waals surface area contributed by atoms with E-state index < -0.39 is 0 Å². The Balaban J connectivity index is 2.04. The average molecular weight is 250 g/mol. The van der Waals surface area contributed by atoms with E-state index >= 15 is 0 Å². The molecule has 0 spiro atoms. The van der Waals surface area contributed by atoms with Crippen LogP contribution in [0, 0.1) is 0 Å². The molecule has 0 saturated heterocycles. The second-order valence-electron chi connectivity index (χ2n) is 5.14. The van der Waals surface area contributed by atoms with Gasteiger partial charge in [-0.1, -0.05) is 30.2 Å². The van der Waals surface area contributed by atoms with Crippen LogP contribution in [0.4, 0.5) is 0 Å². The van der Waals surface area contributed by atoms with Gasteiger partial charge in [-0.15, -0.1) is 5.10 Å². The minimum atomic E-state index is -0.0451. The van der Waals surface area contributed by atoms with Crippen LogP contribution in [0.1, 0.15) is 44.3 Å². The number of aliphatic hydroxyl groups is 1. The van der Waals surface area contributed by atoms with Crippen molar-refractivity contribution in [1.29, 1.82) is 0 Å². The van der Waals surface area contributed by atoms with E-state index in [-0.39, 0.29) is 6.61 Å². The minimum Gasteiger partial charge on any atom is -0.390 e. The van der Waals surface area contributed by atoms with Gasteiger partial charge in [0.2, 0.25) is 0 Å². The summed E-state index contributed by atoms with van der Waals surface area (Å²) in [5.74, 6) is 0. The molecule has 1 aromatic heterocycles. The zero-order valence-electron chi connectivity index (χ0n) is 11.0. The number of nitrogens with zero attached hydrogens (tertiary/aromatic N) is 3. The second kappa shape index (κ2) is 6.11. The third kappa shape index (κ3) is 3.17. The van der Waals surface area contributed by atoms with Gasteiger partial charge < -0.3 is 10.4 Å². The van der Waals surface area contributed by atoms with Crippen molar-refractivity contribution in [3.05, 3.63) is 24.0 Å². The first-order chi connectivity index (χ1) is 8.70. The van der Waals surface area contributed by atoms with Crippen LogP contribution in [-0.2, 0) is 6.61 Å². The Labute approximate surface area is 108 Å². The van der Waals surface area contributed by atoms with E-state index in [1.54, 1.807) is 0 Å². The van der Waals surface area contributed by atoms with Gasteiger partial charge >= 0.3 is 0 Å². The smallest absolute Gasteiger partial charge is 0.108 e. The fourth-order valence-electron chi connectivity index (χ4n) is 2.52. The van der Waals surface area contributed by atoms with Crippen molar-refractivity contribution in [1.82, 2.24) is 20.3 Å². The molecule has 1 heterocycles. The number of hydrogen-bond acceptors (Lipinski definition) is 4. The Hall–Kier alpha value is -1.20. The Bertz CT molecular complexity index is 401. The Morgan fingerprint density at radius 3 is 3.00 bits per heavy atom. The molecule has 1 aromatic rings. The molecule has 5 heteroatoms. The van der Waals surface area contributed by atoms with E-state index in [0.717, 1.165) is 25.0 Å². The Morgan fingerprint density at radius 2 is 2.33 bits per heavy atom. The molecule has 1 saturated carbocycles. The summed E-state index contributed by atoms with van der Waals surface area (Å²) in [5.41, 5.74) is 1.79. The van der Waals surface area contributed by atoms with E-state index in [0.29, 0.717) is 17.8 Å². The normalized spacial score (nSPS) is 24.1. The number of nitrogens with one attached hydrogen (secondary N) is 1. The molecule has 0 unspecified atom stereocenters. The molecule has 0 radical (unpaired) electrons. The maximum absolute atomic E-state index is 9.05. The molecule has 2 rings (SSSR count). The minimum absolute atomic E-state index is 0.0451. The summed E-state index contributed by atoms with van der Waals surface area (Å²) in [6.07, 6.45) is 6.61. The summed E-state index contributed by atoms with van der Waals surface area (Å²) >= 11 is 0. The number of rotatable bonds is 5. The molecule has 18 heavy (non-hydrogen) atoms. The standard InChI is InChI=1S/C13H22N4O/c1-10(2)7-14-12-5-3-4-6-13(12)17-8-11(9-18)15-16-17/h8,12-14,18H,1,3-7,9H2,2H3/t12-,13+/m0/s1. The lowest BCUT2D eigenvalue weighted by Crippen LogP contribution is -2.40. The van der Waals surface area contributed by atoms with Gasteiger partial charge in [0.25, 0.3) is 0 Å². The number of aromatic nitrogens is 3. The Morgan fingerprint density at radius 1 is 1.56 bits per heavy atom. The fraction of sp³-hybridized carbons (Fsp3) is 0.692. The van der Waals surface area contributed by atoms with Gasteiger partial charge in [0.15, 0.2) is 0 Å². The summed E-state index contributed by atoms with van der Waals surface area (Å²) < 4.78 is 1.90. The maximum atomic E-state index is 9.05. The first kappa shape index (κ1) is 13.2. The monoisotopic (exact) mass is 250 g/mol. The topological polar surface area (TPSA) is 63.0 Å². The molecule has 100 valence electrons. The molecule has 2 atom stereocenters. The van der Waals surface area contributed by atoms with Gasteiger partial charge in [-0.3, -0.25) is 0 Å². The SMILES string of the molecule is C=C(C)CN[C@H]1CCCC[C@H]1n1cc(CO)nn1. The van der Waals surface area contributed by atoms with Gasteiger partial charge in [0.05, 0.1) is 18.8 Å². The molecule has 0 aliphatic heterocycles. The molecular weight excluding hydrogens is 228 g/mol. The van der Waals surface area contributed by atoms with E-state index in [4.69, 9.17) is 5.11 Å². The maximum Gasteiger partial charge on any atom is 0.108 e. The molecule has 2 N–H and O–H groups in total. The third-order valence-electron chi connectivity index (χ3n) is 3.46. The zero-order chi connectivity index (χ0) is 13.0. The van der Waals surface area contributed by atoms with Crippen molar-refractivity contribution < 1.29 is 5.11 Å². The zero-order valence-corrected chi connectivity index (χ0v) is 11.0. The van der Waals surface area contributed by atoms with Crippen LogP contribution in [0.5, 0.6) is 0 Å². The van der Waals surface area contributed by atoms with Gasteiger partial charge in [-0.2, -0.15) is 0 Å². The van der Waals surface area contributed by atoms with Crippen LogP contribution in [0.2, 0.25) is 0 Å². The lowest BCUT2D eigenvalue weighted by molar-refractivity contribution is 0.248. The van der Waals surface area contributed by atoms with E-state index in [1.165, 1.54) is 12.8 Å².